The quantitative estimate of drug-likeness (QED) is 0.826. The van der Waals surface area contributed by atoms with Crippen molar-refractivity contribution in [3.63, 3.8) is 0 Å². The van der Waals surface area contributed by atoms with Gasteiger partial charge >= 0.3 is 0 Å². The summed E-state index contributed by atoms with van der Waals surface area (Å²) >= 11 is 0. The van der Waals surface area contributed by atoms with Crippen molar-refractivity contribution in [2.45, 2.75) is 45.1 Å². The maximum absolute atomic E-state index is 9.04. The van der Waals surface area contributed by atoms with Gasteiger partial charge in [0.25, 0.3) is 0 Å². The Kier molecular flexibility index (Phi) is 4.35. The molecule has 0 unspecified atom stereocenters. The van der Waals surface area contributed by atoms with Crippen LogP contribution in [-0.4, -0.2) is 30.6 Å². The van der Waals surface area contributed by atoms with E-state index in [-0.39, 0.29) is 5.54 Å². The van der Waals surface area contributed by atoms with E-state index in [9.17, 15) is 0 Å². The second-order valence-corrected chi connectivity index (χ2v) is 6.50. The second kappa shape index (κ2) is 5.85. The van der Waals surface area contributed by atoms with Crippen molar-refractivity contribution in [3.8, 4) is 11.8 Å². The average Bonchev–Trinajstić information content (AvgIpc) is 2.45. The van der Waals surface area contributed by atoms with Crippen LogP contribution in [0, 0.1) is 11.3 Å². The largest absolute Gasteiger partial charge is 0.495 e. The van der Waals surface area contributed by atoms with Gasteiger partial charge in [0.2, 0.25) is 0 Å². The van der Waals surface area contributed by atoms with Gasteiger partial charge in [0.1, 0.15) is 11.8 Å². The van der Waals surface area contributed by atoms with Crippen molar-refractivity contribution in [1.82, 2.24) is 4.90 Å². The number of nitriles is 1. The highest BCUT2D eigenvalue weighted by Crippen LogP contribution is 2.33. The monoisotopic (exact) mass is 272 g/mol. The van der Waals surface area contributed by atoms with E-state index in [0.717, 1.165) is 13.1 Å². The molecule has 1 aliphatic heterocycles. The van der Waals surface area contributed by atoms with Crippen LogP contribution in [0.4, 0.5) is 0 Å². The van der Waals surface area contributed by atoms with Crippen LogP contribution in [0.5, 0.6) is 5.75 Å². The minimum Gasteiger partial charge on any atom is -0.495 e. The summed E-state index contributed by atoms with van der Waals surface area (Å²) in [6.45, 7) is 9.10. The molecule has 0 spiro atoms. The Morgan fingerprint density at radius 2 is 1.90 bits per heavy atom. The van der Waals surface area contributed by atoms with E-state index in [2.05, 4.69) is 37.8 Å². The maximum atomic E-state index is 9.04. The molecule has 3 heteroatoms. The molecule has 1 aromatic carbocycles. The molecule has 3 nitrogen and oxygen atoms in total. The number of likely N-dealkylation sites (tertiary alicyclic amines) is 1. The van der Waals surface area contributed by atoms with Crippen molar-refractivity contribution in [2.24, 2.45) is 0 Å². The highest BCUT2D eigenvalue weighted by Gasteiger charge is 2.27. The minimum absolute atomic E-state index is 0.257. The zero-order valence-electron chi connectivity index (χ0n) is 12.9. The number of hydrogen-bond donors (Lipinski definition) is 0. The molecule has 1 saturated heterocycles. The Bertz CT molecular complexity index is 503. The highest BCUT2D eigenvalue weighted by atomic mass is 16.5. The van der Waals surface area contributed by atoms with Gasteiger partial charge in [-0.15, -0.1) is 0 Å². The van der Waals surface area contributed by atoms with E-state index < -0.39 is 0 Å². The lowest BCUT2D eigenvalue weighted by Gasteiger charge is -2.41. The van der Waals surface area contributed by atoms with Gasteiger partial charge in [0.15, 0.2) is 0 Å². The summed E-state index contributed by atoms with van der Waals surface area (Å²) in [6.07, 6.45) is 2.35. The van der Waals surface area contributed by atoms with Gasteiger partial charge < -0.3 is 4.74 Å². The van der Waals surface area contributed by atoms with Crippen LogP contribution in [0.3, 0.4) is 0 Å². The molecule has 1 aliphatic rings. The molecule has 0 saturated carbocycles. The van der Waals surface area contributed by atoms with Crippen LogP contribution in [-0.2, 0) is 0 Å². The summed E-state index contributed by atoms with van der Waals surface area (Å²) in [5, 5.41) is 9.04. The molecule has 0 aromatic heterocycles. The van der Waals surface area contributed by atoms with E-state index in [1.165, 1.54) is 18.4 Å². The first-order chi connectivity index (χ1) is 9.45. The zero-order chi connectivity index (χ0) is 14.8. The van der Waals surface area contributed by atoms with Crippen LogP contribution in [0.2, 0.25) is 0 Å². The fourth-order valence-electron chi connectivity index (χ4n) is 2.94. The number of piperidine rings is 1. The third-order valence-electron chi connectivity index (χ3n) is 4.26. The molecule has 108 valence electrons. The van der Waals surface area contributed by atoms with Crippen LogP contribution in [0.15, 0.2) is 18.2 Å². The van der Waals surface area contributed by atoms with Crippen LogP contribution < -0.4 is 4.74 Å². The lowest BCUT2D eigenvalue weighted by Crippen LogP contribution is -2.45. The molecule has 20 heavy (non-hydrogen) atoms. The van der Waals surface area contributed by atoms with E-state index in [1.807, 2.05) is 12.1 Å². The number of nitrogens with zero attached hydrogens (tertiary/aromatic N) is 2. The van der Waals surface area contributed by atoms with Crippen molar-refractivity contribution >= 4 is 0 Å². The molecular weight excluding hydrogens is 248 g/mol. The minimum atomic E-state index is 0.257. The zero-order valence-corrected chi connectivity index (χ0v) is 12.9. The number of methoxy groups -OCH3 is 1. The van der Waals surface area contributed by atoms with Crippen molar-refractivity contribution in [3.05, 3.63) is 29.3 Å². The van der Waals surface area contributed by atoms with Gasteiger partial charge in [-0.1, -0.05) is 6.07 Å². The van der Waals surface area contributed by atoms with Gasteiger partial charge in [-0.05, 0) is 70.3 Å². The van der Waals surface area contributed by atoms with E-state index in [4.69, 9.17) is 10.00 Å². The summed E-state index contributed by atoms with van der Waals surface area (Å²) in [7, 11) is 1.63. The molecule has 1 aromatic rings. The summed E-state index contributed by atoms with van der Waals surface area (Å²) in [5.74, 6) is 1.28. The third kappa shape index (κ3) is 3.13. The SMILES string of the molecule is COc1cc(C2CCN(C(C)(C)C)CC2)ccc1C#N. The Morgan fingerprint density at radius 3 is 2.40 bits per heavy atom. The highest BCUT2D eigenvalue weighted by molar-refractivity contribution is 5.46. The van der Waals surface area contributed by atoms with E-state index in [0.29, 0.717) is 17.2 Å². The van der Waals surface area contributed by atoms with Gasteiger partial charge in [-0.2, -0.15) is 5.26 Å². The maximum Gasteiger partial charge on any atom is 0.136 e. The Balaban J connectivity index is 2.10. The number of rotatable bonds is 2. The smallest absolute Gasteiger partial charge is 0.136 e. The predicted molar refractivity (Wildman–Crippen MR) is 81.0 cm³/mol. The van der Waals surface area contributed by atoms with Crippen molar-refractivity contribution in [2.75, 3.05) is 20.2 Å². The van der Waals surface area contributed by atoms with Gasteiger partial charge in [-0.25, -0.2) is 0 Å². The summed E-state index contributed by atoms with van der Waals surface area (Å²) in [6, 6.07) is 8.17. The van der Waals surface area contributed by atoms with Crippen LogP contribution in [0.25, 0.3) is 0 Å². The lowest BCUT2D eigenvalue weighted by atomic mass is 9.87. The Morgan fingerprint density at radius 1 is 1.25 bits per heavy atom. The van der Waals surface area contributed by atoms with Crippen LogP contribution in [0.1, 0.15) is 50.7 Å². The summed E-state index contributed by atoms with van der Waals surface area (Å²) < 4.78 is 5.31. The van der Waals surface area contributed by atoms with Crippen molar-refractivity contribution < 1.29 is 4.74 Å². The van der Waals surface area contributed by atoms with E-state index >= 15 is 0 Å². The molecule has 1 heterocycles. The lowest BCUT2D eigenvalue weighted by molar-refractivity contribution is 0.102. The average molecular weight is 272 g/mol. The molecule has 0 bridgehead atoms. The molecule has 0 aliphatic carbocycles. The molecule has 0 atom stereocenters. The standard InChI is InChI=1S/C17H24N2O/c1-17(2,3)19-9-7-13(8-10-19)14-5-6-15(12-18)16(11-14)20-4/h5-6,11,13H,7-10H2,1-4H3. The van der Waals surface area contributed by atoms with E-state index in [1.54, 1.807) is 7.11 Å². The third-order valence-corrected chi connectivity index (χ3v) is 4.26. The Hall–Kier alpha value is -1.53. The normalized spacial score (nSPS) is 17.8. The number of benzene rings is 1. The number of hydrogen-bond acceptors (Lipinski definition) is 3. The molecule has 0 amide bonds. The molecule has 1 fully saturated rings. The molecule has 0 radical (unpaired) electrons. The van der Waals surface area contributed by atoms with Crippen LogP contribution >= 0.6 is 0 Å². The summed E-state index contributed by atoms with van der Waals surface area (Å²) in [4.78, 5) is 2.55. The first-order valence-corrected chi connectivity index (χ1v) is 7.29. The molecular formula is C17H24N2O. The van der Waals surface area contributed by atoms with Gasteiger partial charge in [-0.3, -0.25) is 4.90 Å². The topological polar surface area (TPSA) is 36.3 Å². The van der Waals surface area contributed by atoms with Gasteiger partial charge in [0.05, 0.1) is 12.7 Å². The van der Waals surface area contributed by atoms with Gasteiger partial charge in [0, 0.05) is 5.54 Å². The molecule has 2 rings (SSSR count). The second-order valence-electron chi connectivity index (χ2n) is 6.50. The van der Waals surface area contributed by atoms with Crippen molar-refractivity contribution in [1.29, 1.82) is 5.26 Å². The number of ether oxygens (including phenoxy) is 1. The fraction of sp³-hybridized carbons (Fsp3) is 0.588. The predicted octanol–water partition coefficient (Wildman–Crippen LogP) is 3.54. The fourth-order valence-corrected chi connectivity index (χ4v) is 2.94. The first-order valence-electron chi connectivity index (χ1n) is 7.29. The Labute approximate surface area is 122 Å². The first kappa shape index (κ1) is 14.9. The summed E-state index contributed by atoms with van der Waals surface area (Å²) in [5.41, 5.74) is 2.17. The molecule has 0 N–H and O–H groups in total.